The van der Waals surface area contributed by atoms with Gasteiger partial charge >= 0.3 is 5.97 Å². The first-order valence-corrected chi connectivity index (χ1v) is 7.83. The van der Waals surface area contributed by atoms with E-state index in [2.05, 4.69) is 15.5 Å². The van der Waals surface area contributed by atoms with Gasteiger partial charge in [-0.2, -0.15) is 0 Å². The van der Waals surface area contributed by atoms with Crippen molar-refractivity contribution in [2.24, 2.45) is 0 Å². The maximum atomic E-state index is 11.9. The monoisotopic (exact) mass is 294 g/mol. The Hall–Kier alpha value is -1.50. The average Bonchev–Trinajstić information content (AvgIpc) is 2.98. The highest BCUT2D eigenvalue weighted by molar-refractivity contribution is 5.85. The summed E-state index contributed by atoms with van der Waals surface area (Å²) in [6.45, 7) is 2.80. The van der Waals surface area contributed by atoms with Crippen LogP contribution in [-0.2, 0) is 9.47 Å². The summed E-state index contributed by atoms with van der Waals surface area (Å²) in [6, 6.07) is 0.117. The summed E-state index contributed by atoms with van der Waals surface area (Å²) in [5.74, 6) is -0.249. The maximum absolute atomic E-state index is 11.9. The topological polar surface area (TPSA) is 79.1 Å². The molecule has 116 valence electrons. The normalized spacial score (nSPS) is 24.9. The van der Waals surface area contributed by atoms with E-state index in [9.17, 15) is 4.79 Å². The zero-order valence-electron chi connectivity index (χ0n) is 12.5. The molecular formula is C14H22N4O3. The minimum atomic E-state index is -0.452. The molecule has 0 N–H and O–H groups in total. The lowest BCUT2D eigenvalue weighted by atomic mass is 9.78. The van der Waals surface area contributed by atoms with E-state index in [1.807, 2.05) is 0 Å². The molecule has 2 fully saturated rings. The van der Waals surface area contributed by atoms with Crippen LogP contribution in [-0.4, -0.2) is 45.0 Å². The fourth-order valence-corrected chi connectivity index (χ4v) is 3.52. The van der Waals surface area contributed by atoms with E-state index >= 15 is 0 Å². The summed E-state index contributed by atoms with van der Waals surface area (Å²) >= 11 is 0. The molecule has 3 rings (SSSR count). The van der Waals surface area contributed by atoms with Crippen molar-refractivity contribution < 1.29 is 14.3 Å². The van der Waals surface area contributed by atoms with E-state index < -0.39 is 5.97 Å². The Morgan fingerprint density at radius 3 is 3.00 bits per heavy atom. The van der Waals surface area contributed by atoms with Crippen LogP contribution in [0.25, 0.3) is 0 Å². The standard InChI is InChI=1S/C14H22N4O3/c1-2-20-13(19)12-15-16-17-18(12)11-6-9-21-14(10-11)7-4-3-5-8-14/h11H,2-10H2,1H3. The fraction of sp³-hybridized carbons (Fsp3) is 0.857. The Morgan fingerprint density at radius 2 is 2.24 bits per heavy atom. The van der Waals surface area contributed by atoms with Gasteiger partial charge in [0.15, 0.2) is 0 Å². The minimum Gasteiger partial charge on any atom is -0.460 e. The second-order valence-electron chi connectivity index (χ2n) is 5.91. The van der Waals surface area contributed by atoms with Crippen molar-refractivity contribution in [1.29, 1.82) is 0 Å². The van der Waals surface area contributed by atoms with Gasteiger partial charge < -0.3 is 9.47 Å². The second kappa shape index (κ2) is 6.09. The third kappa shape index (κ3) is 2.92. The van der Waals surface area contributed by atoms with E-state index in [0.29, 0.717) is 13.2 Å². The number of carbonyl (C=O) groups is 1. The molecule has 0 aromatic carbocycles. The van der Waals surface area contributed by atoms with E-state index in [4.69, 9.17) is 9.47 Å². The largest absolute Gasteiger partial charge is 0.460 e. The van der Waals surface area contributed by atoms with E-state index in [1.165, 1.54) is 19.3 Å². The van der Waals surface area contributed by atoms with Gasteiger partial charge in [0.1, 0.15) is 0 Å². The van der Waals surface area contributed by atoms with Crippen LogP contribution in [0.5, 0.6) is 0 Å². The highest BCUT2D eigenvalue weighted by Crippen LogP contribution is 2.42. The molecule has 1 aromatic heterocycles. The lowest BCUT2D eigenvalue weighted by Crippen LogP contribution is -2.42. The van der Waals surface area contributed by atoms with Gasteiger partial charge in [0, 0.05) is 6.61 Å². The number of carbonyl (C=O) groups excluding carboxylic acids is 1. The van der Waals surface area contributed by atoms with Gasteiger partial charge in [-0.15, -0.1) is 5.10 Å². The molecule has 1 aliphatic heterocycles. The molecule has 7 heteroatoms. The lowest BCUT2D eigenvalue weighted by molar-refractivity contribution is -0.116. The Morgan fingerprint density at radius 1 is 1.43 bits per heavy atom. The van der Waals surface area contributed by atoms with Gasteiger partial charge in [0.05, 0.1) is 18.2 Å². The van der Waals surface area contributed by atoms with E-state index in [-0.39, 0.29) is 17.5 Å². The number of hydrogen-bond acceptors (Lipinski definition) is 6. The van der Waals surface area contributed by atoms with Gasteiger partial charge in [-0.3, -0.25) is 0 Å². The van der Waals surface area contributed by atoms with Crippen LogP contribution in [0.2, 0.25) is 0 Å². The molecule has 1 saturated heterocycles. The van der Waals surface area contributed by atoms with Crippen LogP contribution in [0.4, 0.5) is 0 Å². The minimum absolute atomic E-state index is 0.0426. The molecule has 1 spiro atoms. The molecule has 1 atom stereocenters. The zero-order chi connectivity index (χ0) is 14.7. The SMILES string of the molecule is CCOC(=O)c1nnnn1C1CCOC2(CCCCC2)C1. The summed E-state index contributed by atoms with van der Waals surface area (Å²) < 4.78 is 12.7. The third-order valence-electron chi connectivity index (χ3n) is 4.53. The summed E-state index contributed by atoms with van der Waals surface area (Å²) in [6.07, 6.45) is 7.62. The van der Waals surface area contributed by atoms with Crippen molar-refractivity contribution in [1.82, 2.24) is 20.2 Å². The Bertz CT molecular complexity index is 491. The first-order chi connectivity index (χ1) is 10.2. The number of aromatic nitrogens is 4. The molecule has 0 radical (unpaired) electrons. The Balaban J connectivity index is 1.77. The highest BCUT2D eigenvalue weighted by Gasteiger charge is 2.40. The predicted octanol–water partition coefficient (Wildman–Crippen LogP) is 1.90. The first-order valence-electron chi connectivity index (χ1n) is 7.83. The number of rotatable bonds is 3. The molecule has 0 bridgehead atoms. The molecule has 0 amide bonds. The molecular weight excluding hydrogens is 272 g/mol. The van der Waals surface area contributed by atoms with Crippen LogP contribution in [0, 0.1) is 0 Å². The summed E-state index contributed by atoms with van der Waals surface area (Å²) in [5, 5.41) is 11.5. The molecule has 1 aromatic rings. The van der Waals surface area contributed by atoms with Crippen molar-refractivity contribution in [3.8, 4) is 0 Å². The molecule has 1 saturated carbocycles. The first kappa shape index (κ1) is 14.4. The van der Waals surface area contributed by atoms with E-state index in [1.54, 1.807) is 11.6 Å². The smallest absolute Gasteiger partial charge is 0.378 e. The van der Waals surface area contributed by atoms with Crippen LogP contribution in [0.1, 0.15) is 68.5 Å². The Kier molecular flexibility index (Phi) is 4.19. The lowest BCUT2D eigenvalue weighted by Gasteiger charge is -2.43. The van der Waals surface area contributed by atoms with Gasteiger partial charge in [-0.25, -0.2) is 9.48 Å². The number of hydrogen-bond donors (Lipinski definition) is 0. The number of nitrogens with zero attached hydrogens (tertiary/aromatic N) is 4. The number of tetrazole rings is 1. The van der Waals surface area contributed by atoms with Gasteiger partial charge in [-0.1, -0.05) is 19.3 Å². The summed E-state index contributed by atoms with van der Waals surface area (Å²) in [5.41, 5.74) is -0.0426. The number of esters is 1. The van der Waals surface area contributed by atoms with Crippen molar-refractivity contribution in [2.45, 2.75) is 63.5 Å². The Labute approximate surface area is 124 Å². The van der Waals surface area contributed by atoms with Crippen molar-refractivity contribution in [3.05, 3.63) is 5.82 Å². The zero-order valence-corrected chi connectivity index (χ0v) is 12.5. The molecule has 2 aliphatic rings. The van der Waals surface area contributed by atoms with Gasteiger partial charge in [0.25, 0.3) is 5.82 Å². The fourth-order valence-electron chi connectivity index (χ4n) is 3.52. The number of ether oxygens (including phenoxy) is 2. The van der Waals surface area contributed by atoms with Crippen LogP contribution < -0.4 is 0 Å². The predicted molar refractivity (Wildman–Crippen MR) is 73.8 cm³/mol. The molecule has 2 heterocycles. The molecule has 7 nitrogen and oxygen atoms in total. The molecule has 21 heavy (non-hydrogen) atoms. The van der Waals surface area contributed by atoms with Crippen molar-refractivity contribution in [3.63, 3.8) is 0 Å². The maximum Gasteiger partial charge on any atom is 0.378 e. The molecule has 1 aliphatic carbocycles. The van der Waals surface area contributed by atoms with Gasteiger partial charge in [0.2, 0.25) is 0 Å². The third-order valence-corrected chi connectivity index (χ3v) is 4.53. The van der Waals surface area contributed by atoms with Crippen LogP contribution in [0.3, 0.4) is 0 Å². The summed E-state index contributed by atoms with van der Waals surface area (Å²) in [7, 11) is 0. The quantitative estimate of drug-likeness (QED) is 0.792. The van der Waals surface area contributed by atoms with E-state index in [0.717, 1.165) is 25.7 Å². The average molecular weight is 294 g/mol. The summed E-state index contributed by atoms with van der Waals surface area (Å²) in [4.78, 5) is 11.9. The van der Waals surface area contributed by atoms with Gasteiger partial charge in [-0.05, 0) is 43.0 Å². The van der Waals surface area contributed by atoms with Crippen molar-refractivity contribution >= 4 is 5.97 Å². The van der Waals surface area contributed by atoms with Crippen molar-refractivity contribution in [2.75, 3.05) is 13.2 Å². The molecule has 1 unspecified atom stereocenters. The second-order valence-corrected chi connectivity index (χ2v) is 5.91. The van der Waals surface area contributed by atoms with Crippen LogP contribution >= 0.6 is 0 Å². The van der Waals surface area contributed by atoms with Crippen LogP contribution in [0.15, 0.2) is 0 Å². The highest BCUT2D eigenvalue weighted by atomic mass is 16.5.